The zero-order chi connectivity index (χ0) is 15.7. The highest BCUT2D eigenvalue weighted by Gasteiger charge is 2.33. The van der Waals surface area contributed by atoms with Crippen molar-refractivity contribution in [1.82, 2.24) is 9.55 Å². The van der Waals surface area contributed by atoms with Gasteiger partial charge in [-0.2, -0.15) is 13.2 Å². The lowest BCUT2D eigenvalue weighted by Crippen LogP contribution is -2.20. The van der Waals surface area contributed by atoms with Gasteiger partial charge in [0.15, 0.2) is 0 Å². The molecule has 6 heteroatoms. The maximum absolute atomic E-state index is 13.1. The van der Waals surface area contributed by atoms with Crippen molar-refractivity contribution in [3.8, 4) is 0 Å². The summed E-state index contributed by atoms with van der Waals surface area (Å²) in [7, 11) is 0. The second kappa shape index (κ2) is 5.76. The first-order chi connectivity index (χ1) is 10.5. The summed E-state index contributed by atoms with van der Waals surface area (Å²) in [6.45, 7) is 0.791. The minimum Gasteiger partial charge on any atom is -0.396 e. The van der Waals surface area contributed by atoms with Gasteiger partial charge in [0.2, 0.25) is 0 Å². The van der Waals surface area contributed by atoms with Gasteiger partial charge in [-0.15, -0.1) is 0 Å². The van der Waals surface area contributed by atoms with E-state index in [0.717, 1.165) is 31.1 Å². The van der Waals surface area contributed by atoms with Gasteiger partial charge in [0.25, 0.3) is 0 Å². The number of nitrogens with zero attached hydrogens (tertiary/aromatic N) is 2. The van der Waals surface area contributed by atoms with Gasteiger partial charge < -0.3 is 9.67 Å². The molecule has 1 N–H and O–H groups in total. The van der Waals surface area contributed by atoms with Crippen molar-refractivity contribution in [1.29, 1.82) is 0 Å². The van der Waals surface area contributed by atoms with E-state index in [2.05, 4.69) is 4.98 Å². The lowest BCUT2D eigenvalue weighted by molar-refractivity contribution is -0.138. The van der Waals surface area contributed by atoms with Crippen LogP contribution in [0, 0.1) is 0 Å². The van der Waals surface area contributed by atoms with Gasteiger partial charge in [-0.1, -0.05) is 18.2 Å². The fraction of sp³-hybridized carbons (Fsp3) is 0.438. The number of rotatable bonds is 3. The Balaban J connectivity index is 1.94. The summed E-state index contributed by atoms with van der Waals surface area (Å²) < 4.78 is 41.2. The lowest BCUT2D eigenvalue weighted by atomic mass is 9.97. The van der Waals surface area contributed by atoms with Crippen molar-refractivity contribution in [2.75, 3.05) is 6.61 Å². The molecule has 2 aromatic rings. The first-order valence-corrected chi connectivity index (χ1v) is 7.31. The van der Waals surface area contributed by atoms with Crippen LogP contribution in [-0.2, 0) is 19.1 Å². The van der Waals surface area contributed by atoms with Crippen molar-refractivity contribution >= 4 is 0 Å². The third kappa shape index (κ3) is 2.75. The van der Waals surface area contributed by atoms with Gasteiger partial charge in [-0.25, -0.2) is 4.98 Å². The second-order valence-corrected chi connectivity index (χ2v) is 5.60. The number of hydrogen-bond acceptors (Lipinski definition) is 2. The molecule has 0 bridgehead atoms. The van der Waals surface area contributed by atoms with E-state index in [4.69, 9.17) is 0 Å². The standard InChI is InChI=1S/C16H17F3N2O/c17-16(18,19)13-6-2-1-4-11(13)8-15-20-9-14-12(10-22)5-3-7-21(14)15/h1-2,4,6,9,12,22H,3,5,7-8,10H2. The Labute approximate surface area is 126 Å². The Morgan fingerprint density at radius 2 is 2.05 bits per heavy atom. The van der Waals surface area contributed by atoms with E-state index in [1.54, 1.807) is 12.3 Å². The van der Waals surface area contributed by atoms with Gasteiger partial charge in [0, 0.05) is 30.8 Å². The number of alkyl halides is 3. The number of aliphatic hydroxyl groups excluding tert-OH is 1. The van der Waals surface area contributed by atoms with Crippen LogP contribution in [-0.4, -0.2) is 21.3 Å². The monoisotopic (exact) mass is 310 g/mol. The molecule has 118 valence electrons. The molecule has 0 spiro atoms. The third-order valence-corrected chi connectivity index (χ3v) is 4.21. The van der Waals surface area contributed by atoms with Crippen LogP contribution < -0.4 is 0 Å². The van der Waals surface area contributed by atoms with Crippen LogP contribution in [0.5, 0.6) is 0 Å². The number of imidazole rings is 1. The van der Waals surface area contributed by atoms with Crippen molar-refractivity contribution in [2.24, 2.45) is 0 Å². The van der Waals surface area contributed by atoms with Crippen LogP contribution in [0.4, 0.5) is 13.2 Å². The molecule has 3 nitrogen and oxygen atoms in total. The fourth-order valence-corrected chi connectivity index (χ4v) is 3.10. The summed E-state index contributed by atoms with van der Waals surface area (Å²) in [4.78, 5) is 4.30. The summed E-state index contributed by atoms with van der Waals surface area (Å²) in [6, 6.07) is 5.61. The van der Waals surface area contributed by atoms with Gasteiger partial charge in [-0.05, 0) is 24.5 Å². The molecule has 1 aromatic heterocycles. The van der Waals surface area contributed by atoms with E-state index in [1.807, 2.05) is 4.57 Å². The Morgan fingerprint density at radius 3 is 2.77 bits per heavy atom. The largest absolute Gasteiger partial charge is 0.416 e. The number of aromatic nitrogens is 2. The summed E-state index contributed by atoms with van der Waals surface area (Å²) >= 11 is 0. The smallest absolute Gasteiger partial charge is 0.396 e. The first-order valence-electron chi connectivity index (χ1n) is 7.31. The number of benzene rings is 1. The molecular formula is C16H17F3N2O. The van der Waals surface area contributed by atoms with Crippen molar-refractivity contribution in [3.05, 3.63) is 53.1 Å². The van der Waals surface area contributed by atoms with Crippen LogP contribution in [0.2, 0.25) is 0 Å². The van der Waals surface area contributed by atoms with Crippen LogP contribution in [0.3, 0.4) is 0 Å². The summed E-state index contributed by atoms with van der Waals surface area (Å²) in [5.74, 6) is 0.665. The first kappa shape index (κ1) is 15.1. The van der Waals surface area contributed by atoms with Crippen molar-refractivity contribution in [3.63, 3.8) is 0 Å². The van der Waals surface area contributed by atoms with Gasteiger partial charge in [0.05, 0.1) is 12.2 Å². The molecule has 1 aliphatic rings. The SMILES string of the molecule is OCC1CCCn2c1cnc2Cc1ccccc1C(F)(F)F. The summed E-state index contributed by atoms with van der Waals surface area (Å²) in [6.07, 6.45) is -0.732. The quantitative estimate of drug-likeness (QED) is 0.944. The average molecular weight is 310 g/mol. The van der Waals surface area contributed by atoms with E-state index in [1.165, 1.54) is 12.1 Å². The van der Waals surface area contributed by atoms with Crippen LogP contribution in [0.1, 0.15) is 41.4 Å². The second-order valence-electron chi connectivity index (χ2n) is 5.60. The highest BCUT2D eigenvalue weighted by atomic mass is 19.4. The molecule has 1 aliphatic heterocycles. The average Bonchev–Trinajstić information content (AvgIpc) is 2.90. The van der Waals surface area contributed by atoms with Gasteiger partial charge in [0.1, 0.15) is 5.82 Å². The molecule has 1 unspecified atom stereocenters. The van der Waals surface area contributed by atoms with Crippen molar-refractivity contribution < 1.29 is 18.3 Å². The zero-order valence-corrected chi connectivity index (χ0v) is 12.0. The van der Waals surface area contributed by atoms with Gasteiger partial charge in [-0.3, -0.25) is 0 Å². The summed E-state index contributed by atoms with van der Waals surface area (Å²) in [5, 5.41) is 9.40. The molecule has 0 saturated carbocycles. The molecule has 1 atom stereocenters. The molecule has 0 aliphatic carbocycles. The molecular weight excluding hydrogens is 293 g/mol. The number of hydrogen-bond donors (Lipinski definition) is 1. The molecule has 22 heavy (non-hydrogen) atoms. The predicted octanol–water partition coefficient (Wildman–Crippen LogP) is 3.36. The minimum absolute atomic E-state index is 0.0351. The maximum atomic E-state index is 13.1. The zero-order valence-electron chi connectivity index (χ0n) is 12.0. The summed E-state index contributed by atoms with van der Waals surface area (Å²) in [5.41, 5.74) is 0.546. The molecule has 0 radical (unpaired) electrons. The maximum Gasteiger partial charge on any atom is 0.416 e. The Kier molecular flexibility index (Phi) is 3.95. The number of aliphatic hydroxyl groups is 1. The third-order valence-electron chi connectivity index (χ3n) is 4.21. The van der Waals surface area contributed by atoms with E-state index >= 15 is 0 Å². The Morgan fingerprint density at radius 1 is 1.27 bits per heavy atom. The van der Waals surface area contributed by atoms with Gasteiger partial charge >= 0.3 is 6.18 Å². The van der Waals surface area contributed by atoms with E-state index in [0.29, 0.717) is 5.82 Å². The molecule has 1 aromatic carbocycles. The Hall–Kier alpha value is -1.82. The highest BCUT2D eigenvalue weighted by molar-refractivity contribution is 5.32. The van der Waals surface area contributed by atoms with E-state index < -0.39 is 11.7 Å². The molecule has 0 saturated heterocycles. The van der Waals surface area contributed by atoms with Crippen molar-refractivity contribution in [2.45, 2.75) is 37.9 Å². The van der Waals surface area contributed by atoms with Crippen LogP contribution in [0.15, 0.2) is 30.5 Å². The predicted molar refractivity (Wildman–Crippen MR) is 75.5 cm³/mol. The lowest BCUT2D eigenvalue weighted by Gasteiger charge is -2.24. The highest BCUT2D eigenvalue weighted by Crippen LogP contribution is 2.34. The normalized spacial score (nSPS) is 18.3. The number of halogens is 3. The topological polar surface area (TPSA) is 38.0 Å². The van der Waals surface area contributed by atoms with Crippen LogP contribution >= 0.6 is 0 Å². The Bertz CT molecular complexity index is 664. The molecule has 0 fully saturated rings. The molecule has 3 rings (SSSR count). The molecule has 2 heterocycles. The fourth-order valence-electron chi connectivity index (χ4n) is 3.10. The van der Waals surface area contributed by atoms with Crippen LogP contribution in [0.25, 0.3) is 0 Å². The minimum atomic E-state index is -4.36. The van der Waals surface area contributed by atoms with E-state index in [-0.39, 0.29) is 24.5 Å². The van der Waals surface area contributed by atoms with E-state index in [9.17, 15) is 18.3 Å². The molecule has 0 amide bonds. The number of fused-ring (bicyclic) bond motifs is 1.